The Bertz CT molecular complexity index is 1330. The zero-order chi connectivity index (χ0) is 24.8. The van der Waals surface area contributed by atoms with Crippen LogP contribution >= 0.6 is 35.0 Å². The molecular formula is C25H23Cl2N5O2S. The van der Waals surface area contributed by atoms with Gasteiger partial charge < -0.3 is 15.4 Å². The number of benzene rings is 3. The van der Waals surface area contributed by atoms with Gasteiger partial charge in [-0.15, -0.1) is 10.2 Å². The fourth-order valence-corrected chi connectivity index (χ4v) is 4.87. The number of hydrogen-bond acceptors (Lipinski definition) is 5. The SMILES string of the molecule is COc1ccc(NC(=O)NCc2nnc(SCc3ccccc3C)n2-c2ccc(Cl)cc2Cl)cc1. The molecule has 7 nitrogen and oxygen atoms in total. The van der Waals surface area contributed by atoms with E-state index in [1.165, 1.54) is 11.1 Å². The molecule has 1 aromatic heterocycles. The number of thioether (sulfide) groups is 1. The summed E-state index contributed by atoms with van der Waals surface area (Å²) in [6.07, 6.45) is 0. The highest BCUT2D eigenvalue weighted by atomic mass is 35.5. The monoisotopic (exact) mass is 527 g/mol. The summed E-state index contributed by atoms with van der Waals surface area (Å²) >= 11 is 14.2. The Hall–Kier alpha value is -3.20. The molecule has 10 heteroatoms. The number of nitrogens with zero attached hydrogens (tertiary/aromatic N) is 3. The topological polar surface area (TPSA) is 81.1 Å². The Kier molecular flexibility index (Phi) is 8.17. The van der Waals surface area contributed by atoms with Crippen molar-refractivity contribution in [2.24, 2.45) is 0 Å². The summed E-state index contributed by atoms with van der Waals surface area (Å²) in [4.78, 5) is 12.5. The number of aryl methyl sites for hydroxylation is 1. The van der Waals surface area contributed by atoms with Gasteiger partial charge in [-0.1, -0.05) is 59.2 Å². The highest BCUT2D eigenvalue weighted by Gasteiger charge is 2.18. The van der Waals surface area contributed by atoms with Crippen LogP contribution in [0.15, 0.2) is 71.9 Å². The number of hydrogen-bond donors (Lipinski definition) is 2. The summed E-state index contributed by atoms with van der Waals surface area (Å²) in [6, 6.07) is 20.1. The van der Waals surface area contributed by atoms with Crippen molar-refractivity contribution >= 4 is 46.7 Å². The van der Waals surface area contributed by atoms with Crippen molar-refractivity contribution in [3.8, 4) is 11.4 Å². The number of nitrogens with one attached hydrogen (secondary N) is 2. The van der Waals surface area contributed by atoms with Gasteiger partial charge in [0.25, 0.3) is 0 Å². The quantitative estimate of drug-likeness (QED) is 0.255. The number of methoxy groups -OCH3 is 1. The number of carbonyl (C=O) groups excluding carboxylic acids is 1. The summed E-state index contributed by atoms with van der Waals surface area (Å²) in [5.74, 6) is 1.95. The van der Waals surface area contributed by atoms with E-state index in [9.17, 15) is 4.79 Å². The Morgan fingerprint density at radius 3 is 2.54 bits per heavy atom. The summed E-state index contributed by atoms with van der Waals surface area (Å²) < 4.78 is 6.98. The number of amides is 2. The lowest BCUT2D eigenvalue weighted by atomic mass is 10.1. The van der Waals surface area contributed by atoms with Gasteiger partial charge in [0.05, 0.1) is 24.4 Å². The minimum atomic E-state index is -0.374. The molecule has 0 spiro atoms. The van der Waals surface area contributed by atoms with Crippen molar-refractivity contribution in [1.82, 2.24) is 20.1 Å². The molecule has 4 aromatic rings. The molecule has 35 heavy (non-hydrogen) atoms. The van der Waals surface area contributed by atoms with Gasteiger partial charge in [-0.25, -0.2) is 4.79 Å². The Labute approximate surface area is 217 Å². The summed E-state index contributed by atoms with van der Waals surface area (Å²) in [7, 11) is 1.59. The first kappa shape index (κ1) is 24.9. The second-order valence-electron chi connectivity index (χ2n) is 7.58. The first-order chi connectivity index (χ1) is 16.9. The third-order valence-electron chi connectivity index (χ3n) is 5.22. The molecule has 2 amide bonds. The van der Waals surface area contributed by atoms with Crippen molar-refractivity contribution in [2.75, 3.05) is 12.4 Å². The third kappa shape index (κ3) is 6.28. The largest absolute Gasteiger partial charge is 0.497 e. The van der Waals surface area contributed by atoms with Crippen molar-refractivity contribution in [3.05, 3.63) is 93.7 Å². The van der Waals surface area contributed by atoms with Gasteiger partial charge in [-0.2, -0.15) is 0 Å². The molecule has 180 valence electrons. The second kappa shape index (κ2) is 11.5. The molecule has 0 aliphatic rings. The average Bonchev–Trinajstić information content (AvgIpc) is 3.25. The molecule has 0 aliphatic heterocycles. The normalized spacial score (nSPS) is 10.7. The zero-order valence-electron chi connectivity index (χ0n) is 19.1. The average molecular weight is 528 g/mol. The smallest absolute Gasteiger partial charge is 0.319 e. The lowest BCUT2D eigenvalue weighted by Crippen LogP contribution is -2.29. The van der Waals surface area contributed by atoms with Crippen molar-refractivity contribution < 1.29 is 9.53 Å². The van der Waals surface area contributed by atoms with Gasteiger partial charge in [0, 0.05) is 16.5 Å². The highest BCUT2D eigenvalue weighted by molar-refractivity contribution is 7.98. The lowest BCUT2D eigenvalue weighted by Gasteiger charge is -2.13. The maximum absolute atomic E-state index is 12.5. The van der Waals surface area contributed by atoms with E-state index in [1.54, 1.807) is 55.3 Å². The van der Waals surface area contributed by atoms with E-state index in [4.69, 9.17) is 27.9 Å². The van der Waals surface area contributed by atoms with E-state index in [1.807, 2.05) is 22.8 Å². The lowest BCUT2D eigenvalue weighted by molar-refractivity contribution is 0.251. The van der Waals surface area contributed by atoms with E-state index in [0.717, 1.165) is 0 Å². The summed E-state index contributed by atoms with van der Waals surface area (Å²) in [5.41, 5.74) is 3.72. The predicted molar refractivity (Wildman–Crippen MR) is 141 cm³/mol. The Morgan fingerprint density at radius 2 is 1.83 bits per heavy atom. The number of ether oxygens (including phenoxy) is 1. The summed E-state index contributed by atoms with van der Waals surface area (Å²) in [5, 5.41) is 16.0. The molecule has 3 aromatic carbocycles. The minimum absolute atomic E-state index is 0.138. The molecular weight excluding hydrogens is 505 g/mol. The van der Waals surface area contributed by atoms with E-state index in [0.29, 0.717) is 43.9 Å². The Balaban J connectivity index is 1.53. The predicted octanol–water partition coefficient (Wildman–Crippen LogP) is 6.51. The molecule has 0 fully saturated rings. The van der Waals surface area contributed by atoms with Crippen LogP contribution in [-0.4, -0.2) is 27.9 Å². The van der Waals surface area contributed by atoms with Crippen LogP contribution in [0, 0.1) is 6.92 Å². The van der Waals surface area contributed by atoms with E-state index in [-0.39, 0.29) is 12.6 Å². The van der Waals surface area contributed by atoms with E-state index >= 15 is 0 Å². The fraction of sp³-hybridized carbons (Fsp3) is 0.160. The van der Waals surface area contributed by atoms with Crippen LogP contribution in [0.25, 0.3) is 5.69 Å². The van der Waals surface area contributed by atoms with Crippen LogP contribution < -0.4 is 15.4 Å². The maximum atomic E-state index is 12.5. The first-order valence-corrected chi connectivity index (χ1v) is 12.4. The molecule has 0 radical (unpaired) electrons. The minimum Gasteiger partial charge on any atom is -0.497 e. The van der Waals surface area contributed by atoms with Crippen LogP contribution in [0.1, 0.15) is 17.0 Å². The van der Waals surface area contributed by atoms with Crippen LogP contribution in [0.5, 0.6) is 5.75 Å². The molecule has 0 saturated heterocycles. The molecule has 0 aliphatic carbocycles. The molecule has 4 rings (SSSR count). The van der Waals surface area contributed by atoms with Gasteiger partial charge in [0.15, 0.2) is 11.0 Å². The van der Waals surface area contributed by atoms with Gasteiger partial charge in [-0.05, 0) is 60.5 Å². The number of rotatable bonds is 8. The second-order valence-corrected chi connectivity index (χ2v) is 9.37. The highest BCUT2D eigenvalue weighted by Crippen LogP contribution is 2.31. The number of carbonyl (C=O) groups is 1. The number of anilines is 1. The van der Waals surface area contributed by atoms with Crippen molar-refractivity contribution in [2.45, 2.75) is 24.4 Å². The molecule has 1 heterocycles. The van der Waals surface area contributed by atoms with Crippen LogP contribution in [0.2, 0.25) is 10.0 Å². The number of aromatic nitrogens is 3. The van der Waals surface area contributed by atoms with Gasteiger partial charge in [-0.3, -0.25) is 4.57 Å². The first-order valence-electron chi connectivity index (χ1n) is 10.7. The molecule has 0 saturated carbocycles. The molecule has 2 N–H and O–H groups in total. The van der Waals surface area contributed by atoms with Crippen LogP contribution in [0.4, 0.5) is 10.5 Å². The van der Waals surface area contributed by atoms with Gasteiger partial charge in [0.2, 0.25) is 0 Å². The molecule has 0 unspecified atom stereocenters. The molecule has 0 bridgehead atoms. The standard InChI is InChI=1S/C25H23Cl2N5O2S/c1-16-5-3-4-6-17(16)15-35-25-31-30-23(32(25)22-12-7-18(26)13-21(22)27)14-28-24(33)29-19-8-10-20(34-2)11-9-19/h3-13H,14-15H2,1-2H3,(H2,28,29,33). The third-order valence-corrected chi connectivity index (χ3v) is 6.74. The number of urea groups is 1. The van der Waals surface area contributed by atoms with Crippen LogP contribution in [0.3, 0.4) is 0 Å². The van der Waals surface area contributed by atoms with Gasteiger partial charge in [0.1, 0.15) is 5.75 Å². The van der Waals surface area contributed by atoms with E-state index < -0.39 is 0 Å². The summed E-state index contributed by atoms with van der Waals surface area (Å²) in [6.45, 7) is 2.21. The van der Waals surface area contributed by atoms with Crippen molar-refractivity contribution in [1.29, 1.82) is 0 Å². The molecule has 0 atom stereocenters. The zero-order valence-corrected chi connectivity index (χ0v) is 21.4. The maximum Gasteiger partial charge on any atom is 0.319 e. The number of halogens is 2. The van der Waals surface area contributed by atoms with E-state index in [2.05, 4.69) is 39.9 Å². The fourth-order valence-electron chi connectivity index (χ4n) is 3.34. The Morgan fingerprint density at radius 1 is 1.06 bits per heavy atom. The van der Waals surface area contributed by atoms with Crippen LogP contribution in [-0.2, 0) is 12.3 Å². The van der Waals surface area contributed by atoms with Gasteiger partial charge >= 0.3 is 6.03 Å². The van der Waals surface area contributed by atoms with Crippen molar-refractivity contribution in [3.63, 3.8) is 0 Å².